The maximum atomic E-state index is 12.0. The van der Waals surface area contributed by atoms with Crippen molar-refractivity contribution in [2.24, 2.45) is 0 Å². The Hall–Kier alpha value is -1.70. The topological polar surface area (TPSA) is 92.7 Å². The fourth-order valence-corrected chi connectivity index (χ4v) is 2.49. The van der Waals surface area contributed by atoms with Crippen molar-refractivity contribution in [2.45, 2.75) is 24.8 Å². The summed E-state index contributed by atoms with van der Waals surface area (Å²) in [5.74, 6) is -1.06. The molecule has 6 nitrogen and oxygen atoms in total. The Kier molecular flexibility index (Phi) is 6.54. The van der Waals surface area contributed by atoms with E-state index in [-0.39, 0.29) is 17.5 Å². The molecule has 1 rings (SSSR count). The maximum absolute atomic E-state index is 12.0. The molecule has 0 aromatic heterocycles. The van der Waals surface area contributed by atoms with Gasteiger partial charge in [-0.25, -0.2) is 17.9 Å². The summed E-state index contributed by atoms with van der Waals surface area (Å²) in [5.41, 5.74) is 0.611. The number of carbonyl (C=O) groups is 1. The van der Waals surface area contributed by atoms with Crippen LogP contribution >= 0.6 is 0 Å². The van der Waals surface area contributed by atoms with Crippen molar-refractivity contribution >= 4 is 22.1 Å². The molecule has 21 heavy (non-hydrogen) atoms. The highest BCUT2D eigenvalue weighted by atomic mass is 32.2. The first-order valence-corrected chi connectivity index (χ1v) is 7.92. The van der Waals surface area contributed by atoms with Crippen LogP contribution < -0.4 is 4.72 Å². The smallest absolute Gasteiger partial charge is 0.328 e. The van der Waals surface area contributed by atoms with Gasteiger partial charge in [-0.05, 0) is 37.6 Å². The van der Waals surface area contributed by atoms with Crippen LogP contribution in [0.1, 0.15) is 19.4 Å². The molecule has 0 radical (unpaired) electrons. The van der Waals surface area contributed by atoms with E-state index in [1.54, 1.807) is 12.1 Å². The van der Waals surface area contributed by atoms with Gasteiger partial charge in [0.2, 0.25) is 10.0 Å². The number of benzene rings is 1. The standard InChI is InChI=1S/C14H19NO5S/c1-11(2)20-10-9-15-21(18,19)13-6-3-12(4-7-13)5-8-14(16)17/h3-8,11,15H,9-10H2,1-2H3,(H,16,17)/b8-5+. The van der Waals surface area contributed by atoms with E-state index in [1.165, 1.54) is 18.2 Å². The molecule has 1 aromatic carbocycles. The van der Waals surface area contributed by atoms with E-state index in [4.69, 9.17) is 9.84 Å². The third-order valence-corrected chi connectivity index (χ3v) is 3.93. The highest BCUT2D eigenvalue weighted by molar-refractivity contribution is 7.89. The Morgan fingerprint density at radius 3 is 2.48 bits per heavy atom. The van der Waals surface area contributed by atoms with E-state index in [0.29, 0.717) is 12.2 Å². The molecule has 0 saturated carbocycles. The van der Waals surface area contributed by atoms with Crippen molar-refractivity contribution < 1.29 is 23.1 Å². The molecule has 116 valence electrons. The summed E-state index contributed by atoms with van der Waals surface area (Å²) in [4.78, 5) is 10.5. The molecular formula is C14H19NO5S. The number of aliphatic carboxylic acids is 1. The zero-order valence-electron chi connectivity index (χ0n) is 11.9. The number of ether oxygens (including phenoxy) is 1. The second kappa shape index (κ2) is 7.92. The maximum Gasteiger partial charge on any atom is 0.328 e. The number of carboxylic acid groups (broad SMARTS) is 1. The Balaban J connectivity index is 2.65. The molecule has 0 bridgehead atoms. The molecule has 0 saturated heterocycles. The summed E-state index contributed by atoms with van der Waals surface area (Å²) >= 11 is 0. The van der Waals surface area contributed by atoms with Gasteiger partial charge in [0.25, 0.3) is 0 Å². The summed E-state index contributed by atoms with van der Waals surface area (Å²) in [5, 5.41) is 8.51. The molecule has 2 N–H and O–H groups in total. The van der Waals surface area contributed by atoms with Gasteiger partial charge < -0.3 is 9.84 Å². The first-order chi connectivity index (χ1) is 9.81. The molecule has 0 amide bonds. The van der Waals surface area contributed by atoms with Crippen molar-refractivity contribution in [3.8, 4) is 0 Å². The average molecular weight is 313 g/mol. The highest BCUT2D eigenvalue weighted by Crippen LogP contribution is 2.11. The first kappa shape index (κ1) is 17.4. The minimum absolute atomic E-state index is 0.0507. The minimum Gasteiger partial charge on any atom is -0.478 e. The van der Waals surface area contributed by atoms with Gasteiger partial charge in [0.1, 0.15) is 0 Å². The van der Waals surface area contributed by atoms with Crippen LogP contribution in [0.15, 0.2) is 35.2 Å². The third-order valence-electron chi connectivity index (χ3n) is 2.45. The third kappa shape index (κ3) is 6.52. The molecule has 1 aromatic rings. The van der Waals surface area contributed by atoms with Crippen molar-refractivity contribution in [1.82, 2.24) is 4.72 Å². The summed E-state index contributed by atoms with van der Waals surface area (Å²) < 4.78 is 31.6. The van der Waals surface area contributed by atoms with Gasteiger partial charge in [-0.1, -0.05) is 12.1 Å². The van der Waals surface area contributed by atoms with Gasteiger partial charge in [0, 0.05) is 12.6 Å². The van der Waals surface area contributed by atoms with E-state index in [0.717, 1.165) is 6.08 Å². The Labute approximate surface area is 124 Å². The highest BCUT2D eigenvalue weighted by Gasteiger charge is 2.12. The Morgan fingerprint density at radius 2 is 1.95 bits per heavy atom. The first-order valence-electron chi connectivity index (χ1n) is 6.43. The number of carboxylic acids is 1. The van der Waals surface area contributed by atoms with Crippen molar-refractivity contribution in [3.63, 3.8) is 0 Å². The van der Waals surface area contributed by atoms with Gasteiger partial charge in [0.15, 0.2) is 0 Å². The van der Waals surface area contributed by atoms with Crippen molar-refractivity contribution in [3.05, 3.63) is 35.9 Å². The van der Waals surface area contributed by atoms with E-state index in [1.807, 2.05) is 13.8 Å². The lowest BCUT2D eigenvalue weighted by Crippen LogP contribution is -2.28. The van der Waals surface area contributed by atoms with Crippen LogP contribution in [-0.2, 0) is 19.6 Å². The van der Waals surface area contributed by atoms with Crippen molar-refractivity contribution in [1.29, 1.82) is 0 Å². The zero-order chi connectivity index (χ0) is 15.9. The summed E-state index contributed by atoms with van der Waals surface area (Å²) in [6, 6.07) is 5.93. The van der Waals surface area contributed by atoms with Crippen LogP contribution in [0.2, 0.25) is 0 Å². The molecule has 0 aliphatic rings. The predicted octanol–water partition coefficient (Wildman–Crippen LogP) is 1.49. The van der Waals surface area contributed by atoms with E-state index >= 15 is 0 Å². The SMILES string of the molecule is CC(C)OCCNS(=O)(=O)c1ccc(/C=C/C(=O)O)cc1. The largest absolute Gasteiger partial charge is 0.478 e. The van der Waals surface area contributed by atoms with Gasteiger partial charge in [-0.15, -0.1) is 0 Å². The van der Waals surface area contributed by atoms with Crippen LogP contribution in [0.4, 0.5) is 0 Å². The van der Waals surface area contributed by atoms with Gasteiger partial charge in [-0.2, -0.15) is 0 Å². The van der Waals surface area contributed by atoms with Crippen LogP contribution in [-0.4, -0.2) is 38.7 Å². The quantitative estimate of drug-likeness (QED) is 0.560. The lowest BCUT2D eigenvalue weighted by Gasteiger charge is -2.09. The van der Waals surface area contributed by atoms with E-state index < -0.39 is 16.0 Å². The second-order valence-corrected chi connectivity index (χ2v) is 6.32. The molecule has 0 heterocycles. The van der Waals surface area contributed by atoms with Crippen LogP contribution in [0, 0.1) is 0 Å². The number of hydrogen-bond acceptors (Lipinski definition) is 4. The molecule has 0 aliphatic carbocycles. The average Bonchev–Trinajstić information content (AvgIpc) is 2.41. The number of rotatable bonds is 8. The van der Waals surface area contributed by atoms with Gasteiger partial charge in [-0.3, -0.25) is 0 Å². The minimum atomic E-state index is -3.58. The van der Waals surface area contributed by atoms with Gasteiger partial charge >= 0.3 is 5.97 Å². The van der Waals surface area contributed by atoms with Crippen LogP contribution in [0.25, 0.3) is 6.08 Å². The Morgan fingerprint density at radius 1 is 1.33 bits per heavy atom. The monoisotopic (exact) mass is 313 g/mol. The summed E-state index contributed by atoms with van der Waals surface area (Å²) in [6.45, 7) is 4.24. The Bertz CT molecular complexity index is 590. The number of hydrogen-bond donors (Lipinski definition) is 2. The van der Waals surface area contributed by atoms with Crippen molar-refractivity contribution in [2.75, 3.05) is 13.2 Å². The molecule has 0 atom stereocenters. The summed E-state index contributed by atoms with van der Waals surface area (Å²) in [6.07, 6.45) is 2.43. The molecule has 7 heteroatoms. The van der Waals surface area contributed by atoms with E-state index in [9.17, 15) is 13.2 Å². The summed E-state index contributed by atoms with van der Waals surface area (Å²) in [7, 11) is -3.58. The lowest BCUT2D eigenvalue weighted by atomic mass is 10.2. The van der Waals surface area contributed by atoms with E-state index in [2.05, 4.69) is 4.72 Å². The zero-order valence-corrected chi connectivity index (χ0v) is 12.8. The molecular weight excluding hydrogens is 294 g/mol. The predicted molar refractivity (Wildman–Crippen MR) is 79.4 cm³/mol. The lowest BCUT2D eigenvalue weighted by molar-refractivity contribution is -0.131. The van der Waals surface area contributed by atoms with Gasteiger partial charge in [0.05, 0.1) is 17.6 Å². The number of sulfonamides is 1. The second-order valence-electron chi connectivity index (χ2n) is 4.56. The fourth-order valence-electron chi connectivity index (χ4n) is 1.48. The fraction of sp³-hybridized carbons (Fsp3) is 0.357. The number of nitrogens with one attached hydrogen (secondary N) is 1. The molecule has 0 aliphatic heterocycles. The normalized spacial score (nSPS) is 12.1. The molecule has 0 unspecified atom stereocenters. The molecule has 0 spiro atoms. The van der Waals surface area contributed by atoms with Crippen LogP contribution in [0.5, 0.6) is 0 Å². The molecule has 0 fully saturated rings. The van der Waals surface area contributed by atoms with Crippen LogP contribution in [0.3, 0.4) is 0 Å².